The Morgan fingerprint density at radius 1 is 1.16 bits per heavy atom. The van der Waals surface area contributed by atoms with Crippen molar-refractivity contribution >= 4 is 11.6 Å². The van der Waals surface area contributed by atoms with Gasteiger partial charge in [0.25, 0.3) is 0 Å². The molecule has 0 aromatic heterocycles. The van der Waals surface area contributed by atoms with E-state index in [4.69, 9.17) is 16.3 Å². The Morgan fingerprint density at radius 2 is 1.95 bits per heavy atom. The first-order valence-corrected chi connectivity index (χ1v) is 7.81. The molecule has 1 aromatic rings. The van der Waals surface area contributed by atoms with Crippen LogP contribution < -0.4 is 5.32 Å². The molecule has 0 bridgehead atoms. The van der Waals surface area contributed by atoms with Gasteiger partial charge < -0.3 is 10.1 Å². The van der Waals surface area contributed by atoms with Crippen molar-refractivity contribution in [2.75, 3.05) is 13.2 Å². The number of rotatable bonds is 5. The second-order valence-corrected chi connectivity index (χ2v) is 6.19. The van der Waals surface area contributed by atoms with Crippen LogP contribution in [0.15, 0.2) is 18.2 Å². The fourth-order valence-electron chi connectivity index (χ4n) is 3.27. The average Bonchev–Trinajstić information content (AvgIpc) is 3.02. The van der Waals surface area contributed by atoms with Crippen LogP contribution in [0.1, 0.15) is 36.8 Å². The van der Waals surface area contributed by atoms with Crippen LogP contribution in [0.25, 0.3) is 0 Å². The van der Waals surface area contributed by atoms with Crippen molar-refractivity contribution in [3.63, 3.8) is 0 Å². The Balaban J connectivity index is 1.38. The van der Waals surface area contributed by atoms with Gasteiger partial charge in [-0.25, -0.2) is 0 Å². The molecule has 0 spiro atoms. The first-order chi connectivity index (χ1) is 9.31. The minimum absolute atomic E-state index is 0.529. The van der Waals surface area contributed by atoms with Crippen molar-refractivity contribution in [3.8, 4) is 0 Å². The minimum atomic E-state index is 0.529. The highest BCUT2D eigenvalue weighted by Crippen LogP contribution is 2.25. The largest absolute Gasteiger partial charge is 0.377 e. The van der Waals surface area contributed by atoms with E-state index in [0.29, 0.717) is 12.1 Å². The maximum Gasteiger partial charge on any atom is 0.0594 e. The molecule has 2 aliphatic rings. The molecule has 1 N–H and O–H groups in total. The summed E-state index contributed by atoms with van der Waals surface area (Å²) in [5.41, 5.74) is 2.85. The van der Waals surface area contributed by atoms with E-state index in [1.807, 2.05) is 6.07 Å². The third kappa shape index (κ3) is 3.50. The number of halogens is 1. The molecule has 2 aliphatic carbocycles. The van der Waals surface area contributed by atoms with Gasteiger partial charge in [0.15, 0.2) is 0 Å². The molecule has 0 radical (unpaired) electrons. The predicted molar refractivity (Wildman–Crippen MR) is 78.9 cm³/mol. The lowest BCUT2D eigenvalue weighted by molar-refractivity contribution is 0.0592. The summed E-state index contributed by atoms with van der Waals surface area (Å²) in [5, 5.41) is 4.45. The summed E-state index contributed by atoms with van der Waals surface area (Å²) in [6.45, 7) is 1.81. The van der Waals surface area contributed by atoms with Crippen LogP contribution >= 0.6 is 11.6 Å². The molecule has 19 heavy (non-hydrogen) atoms. The third-order valence-corrected chi connectivity index (χ3v) is 4.53. The van der Waals surface area contributed by atoms with Gasteiger partial charge in [-0.15, -0.1) is 0 Å². The van der Waals surface area contributed by atoms with E-state index in [9.17, 15) is 0 Å². The number of hydrogen-bond donors (Lipinski definition) is 1. The summed E-state index contributed by atoms with van der Waals surface area (Å²) >= 11 is 6.03. The second-order valence-electron chi connectivity index (χ2n) is 5.75. The van der Waals surface area contributed by atoms with E-state index >= 15 is 0 Å². The molecule has 1 aromatic carbocycles. The van der Waals surface area contributed by atoms with Crippen molar-refractivity contribution in [3.05, 3.63) is 34.3 Å². The van der Waals surface area contributed by atoms with Gasteiger partial charge in [-0.1, -0.05) is 30.5 Å². The highest BCUT2D eigenvalue weighted by molar-refractivity contribution is 6.30. The SMILES string of the molecule is Clc1ccc2c(c1)CC(NCCOC1CCCC1)C2. The summed E-state index contributed by atoms with van der Waals surface area (Å²) in [4.78, 5) is 0. The van der Waals surface area contributed by atoms with Crippen LogP contribution in [0.3, 0.4) is 0 Å². The Bertz CT molecular complexity index is 429. The summed E-state index contributed by atoms with van der Waals surface area (Å²) in [5.74, 6) is 0. The molecule has 3 heteroatoms. The maximum atomic E-state index is 6.03. The molecule has 0 saturated heterocycles. The zero-order valence-electron chi connectivity index (χ0n) is 11.3. The molecule has 3 rings (SSSR count). The zero-order valence-corrected chi connectivity index (χ0v) is 12.1. The Kier molecular flexibility index (Phi) is 4.42. The van der Waals surface area contributed by atoms with Gasteiger partial charge in [0.2, 0.25) is 0 Å². The lowest BCUT2D eigenvalue weighted by Gasteiger charge is -2.14. The van der Waals surface area contributed by atoms with Crippen LogP contribution in [-0.4, -0.2) is 25.3 Å². The summed E-state index contributed by atoms with van der Waals surface area (Å²) in [6, 6.07) is 6.81. The topological polar surface area (TPSA) is 21.3 Å². The highest BCUT2D eigenvalue weighted by atomic mass is 35.5. The van der Waals surface area contributed by atoms with Gasteiger partial charge >= 0.3 is 0 Å². The van der Waals surface area contributed by atoms with Crippen LogP contribution in [-0.2, 0) is 17.6 Å². The van der Waals surface area contributed by atoms with Gasteiger partial charge in [-0.05, 0) is 48.9 Å². The molecule has 0 aliphatic heterocycles. The fourth-order valence-corrected chi connectivity index (χ4v) is 3.47. The highest BCUT2D eigenvalue weighted by Gasteiger charge is 2.21. The first-order valence-electron chi connectivity index (χ1n) is 7.43. The molecule has 0 amide bonds. The van der Waals surface area contributed by atoms with Crippen molar-refractivity contribution in [2.45, 2.75) is 50.7 Å². The quantitative estimate of drug-likeness (QED) is 0.835. The molecule has 1 unspecified atom stereocenters. The van der Waals surface area contributed by atoms with E-state index in [2.05, 4.69) is 17.4 Å². The molecule has 0 heterocycles. The van der Waals surface area contributed by atoms with E-state index in [-0.39, 0.29) is 0 Å². The molecule has 1 atom stereocenters. The Morgan fingerprint density at radius 3 is 2.79 bits per heavy atom. The lowest BCUT2D eigenvalue weighted by Crippen LogP contribution is -2.33. The molecule has 2 nitrogen and oxygen atoms in total. The zero-order chi connectivity index (χ0) is 13.1. The standard InChI is InChI=1S/C16H22ClNO/c17-14-6-5-12-10-15(11-13(12)9-14)18-7-8-19-16-3-1-2-4-16/h5-6,9,15-16,18H,1-4,7-8,10-11H2. The van der Waals surface area contributed by atoms with Gasteiger partial charge in [-0.3, -0.25) is 0 Å². The van der Waals surface area contributed by atoms with E-state index in [0.717, 1.165) is 31.0 Å². The van der Waals surface area contributed by atoms with Gasteiger partial charge in [0.05, 0.1) is 12.7 Å². The van der Waals surface area contributed by atoms with Gasteiger partial charge in [0.1, 0.15) is 0 Å². The average molecular weight is 280 g/mol. The molecule has 104 valence electrons. The van der Waals surface area contributed by atoms with Gasteiger partial charge in [0, 0.05) is 17.6 Å². The van der Waals surface area contributed by atoms with Crippen molar-refractivity contribution in [1.82, 2.24) is 5.32 Å². The van der Waals surface area contributed by atoms with Crippen LogP contribution in [0.4, 0.5) is 0 Å². The number of ether oxygens (including phenoxy) is 1. The van der Waals surface area contributed by atoms with Crippen LogP contribution in [0.2, 0.25) is 5.02 Å². The maximum absolute atomic E-state index is 6.03. The normalized spacial score (nSPS) is 22.9. The van der Waals surface area contributed by atoms with E-state index in [1.54, 1.807) is 0 Å². The van der Waals surface area contributed by atoms with E-state index in [1.165, 1.54) is 36.8 Å². The van der Waals surface area contributed by atoms with Crippen molar-refractivity contribution in [1.29, 1.82) is 0 Å². The minimum Gasteiger partial charge on any atom is -0.377 e. The fraction of sp³-hybridized carbons (Fsp3) is 0.625. The number of nitrogens with one attached hydrogen (secondary N) is 1. The predicted octanol–water partition coefficient (Wildman–Crippen LogP) is 3.36. The summed E-state index contributed by atoms with van der Waals surface area (Å²) < 4.78 is 5.88. The number of hydrogen-bond acceptors (Lipinski definition) is 2. The molecular formula is C16H22ClNO. The van der Waals surface area contributed by atoms with E-state index < -0.39 is 0 Å². The monoisotopic (exact) mass is 279 g/mol. The van der Waals surface area contributed by atoms with Crippen LogP contribution in [0, 0.1) is 0 Å². The molecular weight excluding hydrogens is 258 g/mol. The van der Waals surface area contributed by atoms with Crippen LogP contribution in [0.5, 0.6) is 0 Å². The number of benzene rings is 1. The first kappa shape index (κ1) is 13.4. The Hall–Kier alpha value is -0.570. The second kappa shape index (κ2) is 6.25. The molecule has 1 fully saturated rings. The van der Waals surface area contributed by atoms with Crippen molar-refractivity contribution in [2.24, 2.45) is 0 Å². The summed E-state index contributed by atoms with van der Waals surface area (Å²) in [7, 11) is 0. The third-order valence-electron chi connectivity index (χ3n) is 4.29. The lowest BCUT2D eigenvalue weighted by atomic mass is 10.1. The van der Waals surface area contributed by atoms with Gasteiger partial charge in [-0.2, -0.15) is 0 Å². The van der Waals surface area contributed by atoms with Crippen molar-refractivity contribution < 1.29 is 4.74 Å². The number of fused-ring (bicyclic) bond motifs is 1. The Labute approximate surface area is 120 Å². The molecule has 1 saturated carbocycles. The summed E-state index contributed by atoms with van der Waals surface area (Å²) in [6.07, 6.45) is 7.95. The smallest absolute Gasteiger partial charge is 0.0594 e.